The Hall–Kier alpha value is -1.14. The summed E-state index contributed by atoms with van der Waals surface area (Å²) in [5, 5.41) is 61.1. The Morgan fingerprint density at radius 2 is 1.65 bits per heavy atom. The number of rotatable bonds is 5. The summed E-state index contributed by atoms with van der Waals surface area (Å²) in [7, 11) is 0. The van der Waals surface area contributed by atoms with Gasteiger partial charge in [0.1, 0.15) is 24.9 Å². The van der Waals surface area contributed by atoms with Crippen LogP contribution in [0.5, 0.6) is 0 Å². The fourth-order valence-electron chi connectivity index (χ4n) is 9.34. The number of carbonyl (C=O) groups excluding carboxylic acids is 1. The summed E-state index contributed by atoms with van der Waals surface area (Å²) < 4.78 is 10.6. The van der Waals surface area contributed by atoms with Crippen LogP contribution in [0.15, 0.2) is 0 Å². The summed E-state index contributed by atoms with van der Waals surface area (Å²) in [6.45, 7) is 3.97. The topological polar surface area (TPSA) is 174 Å². The molecule has 5 aliphatic rings. The number of ether oxygens (including phenoxy) is 2. The molecule has 0 aromatic heterocycles. The Morgan fingerprint density at radius 3 is 2.35 bits per heavy atom. The second kappa shape index (κ2) is 9.80. The number of aliphatic hydroxyl groups excluding tert-OH is 5. The molecule has 0 radical (unpaired) electrons. The van der Waals surface area contributed by atoms with E-state index in [9.17, 15) is 40.2 Å². The van der Waals surface area contributed by atoms with Gasteiger partial charge < -0.3 is 40.1 Å². The maximum atomic E-state index is 13.4. The molecule has 5 rings (SSSR count). The average molecular weight is 527 g/mol. The number of fused-ring (bicyclic) bond motifs is 5. The number of hydrogen-bond donors (Lipinski definition) is 6. The molecule has 4 aliphatic carbocycles. The van der Waals surface area contributed by atoms with Crippen molar-refractivity contribution < 1.29 is 49.7 Å². The standard InChI is InChI=1S/C27H42O10/c1-26-8-7-13(28)9-12(26)3-4-14-15-5-6-16(27(15,2)10-17(29)19(14)26)18(30)11-36-25-22(33)20(31)21(32)23(37-25)24(34)35/h12-17,19-23,25,28-29,31-33H,3-11H2,1-2H3,(H,34,35)/t12-,13+,14+,15+,16-,17-,19-,20+,21+,22-,23+,25?,26+,27+/m1/s1. The van der Waals surface area contributed by atoms with Crippen molar-refractivity contribution in [1.29, 1.82) is 0 Å². The first-order valence-electron chi connectivity index (χ1n) is 13.8. The maximum Gasteiger partial charge on any atom is 0.335 e. The van der Waals surface area contributed by atoms with E-state index in [0.29, 0.717) is 30.6 Å². The van der Waals surface area contributed by atoms with Crippen LogP contribution < -0.4 is 0 Å². The third kappa shape index (κ3) is 4.37. The van der Waals surface area contributed by atoms with Crippen LogP contribution in [0.1, 0.15) is 65.2 Å². The summed E-state index contributed by atoms with van der Waals surface area (Å²) in [6, 6.07) is 0. The molecule has 0 amide bonds. The molecule has 1 heterocycles. The monoisotopic (exact) mass is 526 g/mol. The van der Waals surface area contributed by atoms with E-state index < -0.39 is 54.8 Å². The quantitative estimate of drug-likeness (QED) is 0.295. The molecule has 0 spiro atoms. The molecule has 4 saturated carbocycles. The van der Waals surface area contributed by atoms with Crippen molar-refractivity contribution in [2.75, 3.05) is 6.61 Å². The van der Waals surface area contributed by atoms with Crippen LogP contribution in [0.2, 0.25) is 0 Å². The largest absolute Gasteiger partial charge is 0.479 e. The number of Topliss-reactive ketones (excluding diaryl/α,β-unsaturated/α-hetero) is 1. The zero-order valence-corrected chi connectivity index (χ0v) is 21.6. The van der Waals surface area contributed by atoms with E-state index in [1.165, 1.54) is 0 Å². The van der Waals surface area contributed by atoms with Gasteiger partial charge in [0.25, 0.3) is 0 Å². The van der Waals surface area contributed by atoms with Gasteiger partial charge in [-0.1, -0.05) is 13.8 Å². The first-order chi connectivity index (χ1) is 17.4. The van der Waals surface area contributed by atoms with E-state index in [1.54, 1.807) is 0 Å². The fourth-order valence-corrected chi connectivity index (χ4v) is 9.34. The van der Waals surface area contributed by atoms with Crippen molar-refractivity contribution in [2.45, 2.75) is 108 Å². The molecule has 10 heteroatoms. The summed E-state index contributed by atoms with van der Waals surface area (Å²) >= 11 is 0. The van der Waals surface area contributed by atoms with Gasteiger partial charge in [-0.15, -0.1) is 0 Å². The fraction of sp³-hybridized carbons (Fsp3) is 0.926. The lowest BCUT2D eigenvalue weighted by Gasteiger charge is -2.62. The van der Waals surface area contributed by atoms with Crippen molar-refractivity contribution in [2.24, 2.45) is 40.4 Å². The molecule has 10 nitrogen and oxygen atoms in total. The Kier molecular flexibility index (Phi) is 7.26. The highest BCUT2D eigenvalue weighted by atomic mass is 16.7. The molecule has 210 valence electrons. The van der Waals surface area contributed by atoms with Crippen molar-refractivity contribution in [1.82, 2.24) is 0 Å². The highest BCUT2D eigenvalue weighted by molar-refractivity contribution is 5.83. The third-order valence-corrected chi connectivity index (χ3v) is 11.2. The van der Waals surface area contributed by atoms with E-state index >= 15 is 0 Å². The molecular formula is C27H42O10. The first kappa shape index (κ1) is 27.4. The lowest BCUT2D eigenvalue weighted by atomic mass is 9.44. The lowest BCUT2D eigenvalue weighted by Crippen LogP contribution is -2.60. The lowest BCUT2D eigenvalue weighted by molar-refractivity contribution is -0.292. The third-order valence-electron chi connectivity index (χ3n) is 11.2. The van der Waals surface area contributed by atoms with E-state index in [-0.39, 0.29) is 29.1 Å². The van der Waals surface area contributed by atoms with Crippen LogP contribution in [0, 0.1) is 40.4 Å². The normalized spacial score (nSPS) is 53.6. The number of ketones is 1. The minimum atomic E-state index is -1.82. The predicted molar refractivity (Wildman–Crippen MR) is 128 cm³/mol. The number of carboxylic acid groups (broad SMARTS) is 1. The number of carboxylic acids is 1. The van der Waals surface area contributed by atoms with Crippen LogP contribution >= 0.6 is 0 Å². The van der Waals surface area contributed by atoms with Gasteiger partial charge in [0.15, 0.2) is 18.2 Å². The van der Waals surface area contributed by atoms with Crippen molar-refractivity contribution >= 4 is 11.8 Å². The molecule has 5 fully saturated rings. The summed E-state index contributed by atoms with van der Waals surface area (Å²) in [5.41, 5.74) is -0.404. The molecular weight excluding hydrogens is 484 g/mol. The molecule has 1 saturated heterocycles. The number of aliphatic carboxylic acids is 1. The van der Waals surface area contributed by atoms with E-state index in [4.69, 9.17) is 9.47 Å². The second-order valence-electron chi connectivity index (χ2n) is 12.9. The van der Waals surface area contributed by atoms with Gasteiger partial charge in [0, 0.05) is 5.92 Å². The van der Waals surface area contributed by atoms with E-state index in [2.05, 4.69) is 13.8 Å². The molecule has 6 N–H and O–H groups in total. The van der Waals surface area contributed by atoms with Gasteiger partial charge in [0.2, 0.25) is 0 Å². The highest BCUT2D eigenvalue weighted by Crippen LogP contribution is 2.67. The number of hydrogen-bond acceptors (Lipinski definition) is 9. The van der Waals surface area contributed by atoms with Crippen LogP contribution in [0.25, 0.3) is 0 Å². The number of aliphatic hydroxyl groups is 5. The molecule has 1 aliphatic heterocycles. The number of carbonyl (C=O) groups is 2. The summed E-state index contributed by atoms with van der Waals surface area (Å²) in [4.78, 5) is 24.8. The van der Waals surface area contributed by atoms with Crippen LogP contribution in [-0.4, -0.2) is 91.9 Å². The summed E-state index contributed by atoms with van der Waals surface area (Å²) in [5.74, 6) is -0.864. The average Bonchev–Trinajstić information content (AvgIpc) is 3.18. The molecule has 37 heavy (non-hydrogen) atoms. The van der Waals surface area contributed by atoms with Gasteiger partial charge in [-0.3, -0.25) is 4.79 Å². The Bertz CT molecular complexity index is 896. The van der Waals surface area contributed by atoms with Crippen LogP contribution in [0.3, 0.4) is 0 Å². The molecule has 1 unspecified atom stereocenters. The minimum absolute atomic E-state index is 0.00532. The minimum Gasteiger partial charge on any atom is -0.479 e. The van der Waals surface area contributed by atoms with Crippen molar-refractivity contribution in [3.05, 3.63) is 0 Å². The highest BCUT2D eigenvalue weighted by Gasteiger charge is 2.64. The zero-order chi connectivity index (χ0) is 26.9. The predicted octanol–water partition coefficient (Wildman–Crippen LogP) is 0.455. The molecule has 14 atom stereocenters. The Labute approximate surface area is 217 Å². The van der Waals surface area contributed by atoms with Gasteiger partial charge in [0.05, 0.1) is 12.2 Å². The zero-order valence-electron chi connectivity index (χ0n) is 21.6. The molecule has 0 bridgehead atoms. The van der Waals surface area contributed by atoms with Crippen molar-refractivity contribution in [3.63, 3.8) is 0 Å². The van der Waals surface area contributed by atoms with Gasteiger partial charge >= 0.3 is 5.97 Å². The van der Waals surface area contributed by atoms with Gasteiger partial charge in [-0.25, -0.2) is 4.79 Å². The Morgan fingerprint density at radius 1 is 0.919 bits per heavy atom. The second-order valence-corrected chi connectivity index (χ2v) is 12.9. The van der Waals surface area contributed by atoms with Crippen LogP contribution in [0.4, 0.5) is 0 Å². The Balaban J connectivity index is 1.27. The van der Waals surface area contributed by atoms with Gasteiger partial charge in [-0.2, -0.15) is 0 Å². The first-order valence-corrected chi connectivity index (χ1v) is 13.8. The van der Waals surface area contributed by atoms with Crippen LogP contribution in [-0.2, 0) is 19.1 Å². The molecule has 0 aromatic carbocycles. The maximum absolute atomic E-state index is 13.4. The van der Waals surface area contributed by atoms with E-state index in [0.717, 1.165) is 38.5 Å². The SMILES string of the molecule is C[C@]12CC[C@H](O)C[C@H]1CC[C@@H]1[C@@H]2[C@H](O)C[C@]2(C)[C@@H](C(=O)COC3O[C@H](C(=O)O)[C@@H](O)[C@H](O)[C@H]3O)CC[C@@H]12. The smallest absolute Gasteiger partial charge is 0.335 e. The van der Waals surface area contributed by atoms with Crippen molar-refractivity contribution in [3.8, 4) is 0 Å². The van der Waals surface area contributed by atoms with E-state index in [1.807, 2.05) is 0 Å². The summed E-state index contributed by atoms with van der Waals surface area (Å²) in [6.07, 6.45) is -2.84. The molecule has 0 aromatic rings. The van der Waals surface area contributed by atoms with Gasteiger partial charge in [-0.05, 0) is 85.9 Å².